The lowest BCUT2D eigenvalue weighted by atomic mass is 9.95. The number of aliphatic hydroxyl groups is 1. The highest BCUT2D eigenvalue weighted by Gasteiger charge is 2.48. The van der Waals surface area contributed by atoms with Crippen LogP contribution in [-0.2, 0) is 14.3 Å². The number of ether oxygens (including phenoxy) is 3. The minimum atomic E-state index is -1.13. The number of aliphatic hydroxyl groups excluding tert-OH is 1. The summed E-state index contributed by atoms with van der Waals surface area (Å²) in [6.07, 6.45) is 1.43. The number of ketones is 1. The maximum atomic E-state index is 13.4. The number of hydrogen-bond donors (Lipinski definition) is 1. The fourth-order valence-corrected chi connectivity index (χ4v) is 5.54. The summed E-state index contributed by atoms with van der Waals surface area (Å²) in [5.41, 5.74) is 0.752. The second kappa shape index (κ2) is 10.7. The van der Waals surface area contributed by atoms with E-state index < -0.39 is 29.5 Å². The van der Waals surface area contributed by atoms with Crippen molar-refractivity contribution in [3.05, 3.63) is 86.4 Å². The second-order valence-electron chi connectivity index (χ2n) is 8.50. The molecular formula is C27H20Cl2N2O7S. The first-order valence-corrected chi connectivity index (χ1v) is 13.2. The van der Waals surface area contributed by atoms with E-state index in [1.807, 2.05) is 0 Å². The SMILES string of the molecule is C=CCOC(=O)c1sc(N2C(=O)C(=O)C(=C(O)c3ccc4c(c3)OCCO4)C2c2ccc(Cl)c(Cl)c2)nc1C. The summed E-state index contributed by atoms with van der Waals surface area (Å²) in [4.78, 5) is 45.1. The number of benzene rings is 2. The van der Waals surface area contributed by atoms with Gasteiger partial charge in [-0.05, 0) is 42.8 Å². The molecule has 1 N–H and O–H groups in total. The Kier molecular flexibility index (Phi) is 7.35. The molecule has 0 saturated carbocycles. The Labute approximate surface area is 236 Å². The molecule has 2 aliphatic heterocycles. The van der Waals surface area contributed by atoms with E-state index in [1.165, 1.54) is 24.3 Å². The predicted octanol–water partition coefficient (Wildman–Crippen LogP) is 5.50. The van der Waals surface area contributed by atoms with Gasteiger partial charge in [-0.3, -0.25) is 14.5 Å². The molecule has 1 unspecified atom stereocenters. The van der Waals surface area contributed by atoms with Crippen molar-refractivity contribution < 1.29 is 33.7 Å². The van der Waals surface area contributed by atoms with Crippen molar-refractivity contribution in [1.82, 2.24) is 4.98 Å². The molecular weight excluding hydrogens is 567 g/mol. The van der Waals surface area contributed by atoms with Crippen LogP contribution in [0.25, 0.3) is 5.76 Å². The number of nitrogens with zero attached hydrogens (tertiary/aromatic N) is 2. The maximum absolute atomic E-state index is 13.4. The van der Waals surface area contributed by atoms with Crippen LogP contribution in [0.15, 0.2) is 54.6 Å². The molecule has 0 aliphatic carbocycles. The van der Waals surface area contributed by atoms with Crippen molar-refractivity contribution >= 4 is 63.1 Å². The second-order valence-corrected chi connectivity index (χ2v) is 10.3. The molecule has 12 heteroatoms. The first-order chi connectivity index (χ1) is 18.7. The Balaban J connectivity index is 1.66. The fourth-order valence-electron chi connectivity index (χ4n) is 4.25. The molecule has 9 nitrogen and oxygen atoms in total. The van der Waals surface area contributed by atoms with Crippen molar-refractivity contribution in [3.63, 3.8) is 0 Å². The topological polar surface area (TPSA) is 115 Å². The van der Waals surface area contributed by atoms with Gasteiger partial charge in [-0.15, -0.1) is 0 Å². The van der Waals surface area contributed by atoms with Crippen LogP contribution in [0.2, 0.25) is 10.0 Å². The Morgan fingerprint density at radius 1 is 1.18 bits per heavy atom. The molecule has 200 valence electrons. The number of carbonyl (C=O) groups is 3. The Morgan fingerprint density at radius 3 is 2.64 bits per heavy atom. The van der Waals surface area contributed by atoms with E-state index in [2.05, 4.69) is 11.6 Å². The molecule has 3 aromatic rings. The molecule has 2 aliphatic rings. The molecule has 1 aromatic heterocycles. The van der Waals surface area contributed by atoms with Gasteiger partial charge >= 0.3 is 11.9 Å². The molecule has 1 amide bonds. The van der Waals surface area contributed by atoms with Gasteiger partial charge in [0.1, 0.15) is 30.5 Å². The smallest absolute Gasteiger partial charge is 0.350 e. The van der Waals surface area contributed by atoms with Crippen LogP contribution in [0.1, 0.15) is 32.5 Å². The highest BCUT2D eigenvalue weighted by molar-refractivity contribution is 7.17. The van der Waals surface area contributed by atoms with E-state index in [1.54, 1.807) is 25.1 Å². The fraction of sp³-hybridized carbons (Fsp3) is 0.185. The summed E-state index contributed by atoms with van der Waals surface area (Å²) >= 11 is 13.3. The molecule has 0 spiro atoms. The molecule has 1 saturated heterocycles. The monoisotopic (exact) mass is 586 g/mol. The first kappa shape index (κ1) is 26.7. The van der Waals surface area contributed by atoms with E-state index >= 15 is 0 Å². The average molecular weight is 587 g/mol. The number of Topliss-reactive ketones (excluding diaryl/α,β-unsaturated/α-hetero) is 1. The van der Waals surface area contributed by atoms with Gasteiger partial charge in [-0.25, -0.2) is 9.78 Å². The number of carbonyl (C=O) groups excluding carboxylic acids is 3. The van der Waals surface area contributed by atoms with Crippen molar-refractivity contribution in [2.45, 2.75) is 13.0 Å². The molecule has 0 radical (unpaired) electrons. The van der Waals surface area contributed by atoms with Crippen LogP contribution in [-0.4, -0.2) is 47.6 Å². The standard InChI is InChI=1S/C27H20Cl2N2O7S/c1-3-8-38-26(35)24-13(2)30-27(39-24)31-21(14-4-6-16(28)17(29)11-14)20(23(33)25(31)34)22(32)15-5-7-18-19(12-15)37-10-9-36-18/h3-7,11-12,21,32H,1,8-10H2,2H3. The third-order valence-electron chi connectivity index (χ3n) is 6.03. The quantitative estimate of drug-likeness (QED) is 0.132. The van der Waals surface area contributed by atoms with Crippen LogP contribution >= 0.6 is 34.5 Å². The Bertz CT molecular complexity index is 1570. The molecule has 0 bridgehead atoms. The van der Waals surface area contributed by atoms with Gasteiger partial charge in [-0.2, -0.15) is 0 Å². The molecule has 2 aromatic carbocycles. The number of aryl methyl sites for hydroxylation is 1. The number of fused-ring (bicyclic) bond motifs is 1. The average Bonchev–Trinajstić information content (AvgIpc) is 3.44. The van der Waals surface area contributed by atoms with E-state index in [9.17, 15) is 19.5 Å². The number of rotatable bonds is 6. The maximum Gasteiger partial charge on any atom is 0.350 e. The van der Waals surface area contributed by atoms with Crippen molar-refractivity contribution in [1.29, 1.82) is 0 Å². The summed E-state index contributed by atoms with van der Waals surface area (Å²) in [7, 11) is 0. The number of esters is 1. The van der Waals surface area contributed by atoms with Gasteiger partial charge in [0, 0.05) is 5.56 Å². The number of aromatic nitrogens is 1. The Hall–Kier alpha value is -3.86. The van der Waals surface area contributed by atoms with Crippen molar-refractivity contribution in [3.8, 4) is 11.5 Å². The van der Waals surface area contributed by atoms with Gasteiger partial charge in [0.25, 0.3) is 5.78 Å². The summed E-state index contributed by atoms with van der Waals surface area (Å²) < 4.78 is 16.3. The molecule has 1 fully saturated rings. The van der Waals surface area contributed by atoms with E-state index in [4.69, 9.17) is 37.4 Å². The lowest BCUT2D eigenvalue weighted by Crippen LogP contribution is -2.29. The van der Waals surface area contributed by atoms with Gasteiger partial charge in [0.05, 0.1) is 27.4 Å². The zero-order valence-corrected chi connectivity index (χ0v) is 22.7. The summed E-state index contributed by atoms with van der Waals surface area (Å²) in [5.74, 6) is -2.07. The highest BCUT2D eigenvalue weighted by atomic mass is 35.5. The van der Waals surface area contributed by atoms with Crippen LogP contribution in [0.4, 0.5) is 5.13 Å². The molecule has 1 atom stereocenters. The van der Waals surface area contributed by atoms with Crippen LogP contribution in [0, 0.1) is 6.92 Å². The van der Waals surface area contributed by atoms with E-state index in [0.717, 1.165) is 16.2 Å². The summed E-state index contributed by atoms with van der Waals surface area (Å²) in [6, 6.07) is 8.19. The van der Waals surface area contributed by atoms with Gasteiger partial charge in [0.15, 0.2) is 16.6 Å². The van der Waals surface area contributed by atoms with Crippen molar-refractivity contribution in [2.75, 3.05) is 24.7 Å². The third kappa shape index (κ3) is 4.87. The predicted molar refractivity (Wildman–Crippen MR) is 146 cm³/mol. The largest absolute Gasteiger partial charge is 0.507 e. The number of amides is 1. The third-order valence-corrected chi connectivity index (χ3v) is 7.90. The number of halogens is 2. The molecule has 5 rings (SSSR count). The Morgan fingerprint density at radius 2 is 1.92 bits per heavy atom. The summed E-state index contributed by atoms with van der Waals surface area (Å²) in [6.45, 7) is 5.82. The zero-order valence-electron chi connectivity index (χ0n) is 20.4. The van der Waals surface area contributed by atoms with Crippen LogP contribution < -0.4 is 14.4 Å². The lowest BCUT2D eigenvalue weighted by molar-refractivity contribution is -0.132. The van der Waals surface area contributed by atoms with E-state index in [0.29, 0.717) is 36.0 Å². The minimum Gasteiger partial charge on any atom is -0.507 e. The van der Waals surface area contributed by atoms with Gasteiger partial charge in [-0.1, -0.05) is 53.3 Å². The van der Waals surface area contributed by atoms with Crippen LogP contribution in [0.3, 0.4) is 0 Å². The number of anilines is 1. The zero-order chi connectivity index (χ0) is 27.8. The first-order valence-electron chi connectivity index (χ1n) is 11.6. The minimum absolute atomic E-state index is 0.00513. The summed E-state index contributed by atoms with van der Waals surface area (Å²) in [5, 5.41) is 11.9. The van der Waals surface area contributed by atoms with Crippen LogP contribution in [0.5, 0.6) is 11.5 Å². The van der Waals surface area contributed by atoms with Gasteiger partial charge < -0.3 is 19.3 Å². The highest BCUT2D eigenvalue weighted by Crippen LogP contribution is 2.45. The van der Waals surface area contributed by atoms with Crippen molar-refractivity contribution in [2.24, 2.45) is 0 Å². The number of hydrogen-bond acceptors (Lipinski definition) is 9. The number of thiazole rings is 1. The van der Waals surface area contributed by atoms with E-state index in [-0.39, 0.29) is 37.8 Å². The van der Waals surface area contributed by atoms with Gasteiger partial charge in [0.2, 0.25) is 0 Å². The lowest BCUT2D eigenvalue weighted by Gasteiger charge is -2.23. The molecule has 39 heavy (non-hydrogen) atoms. The normalized spacial score (nSPS) is 17.8. The molecule has 3 heterocycles.